The van der Waals surface area contributed by atoms with Crippen molar-refractivity contribution in [3.8, 4) is 0 Å². The van der Waals surface area contributed by atoms with Crippen LogP contribution < -0.4 is 5.73 Å². The molecule has 0 amide bonds. The number of hydrogen-bond acceptors (Lipinski definition) is 2. The predicted molar refractivity (Wildman–Crippen MR) is 48.9 cm³/mol. The normalized spacial score (nSPS) is 14.4. The lowest BCUT2D eigenvalue weighted by atomic mass is 10.3. The molecule has 1 atom stereocenters. The Balaban J connectivity index is 3.03. The van der Waals surface area contributed by atoms with Crippen molar-refractivity contribution in [3.05, 3.63) is 14.8 Å². The van der Waals surface area contributed by atoms with Crippen LogP contribution in [0.25, 0.3) is 0 Å². The van der Waals surface area contributed by atoms with Crippen LogP contribution in [0, 0.1) is 13.8 Å². The van der Waals surface area contributed by atoms with Crippen molar-refractivity contribution in [1.29, 1.82) is 0 Å². The quantitative estimate of drug-likeness (QED) is 0.694. The zero-order valence-electron chi connectivity index (χ0n) is 6.51. The second-order valence-electron chi connectivity index (χ2n) is 2.46. The molecule has 1 heterocycles. The number of rotatable bonds is 1. The molecule has 1 aromatic rings. The Morgan fingerprint density at radius 2 is 2.10 bits per heavy atom. The molecule has 0 saturated heterocycles. The molecule has 0 spiro atoms. The van der Waals surface area contributed by atoms with Crippen LogP contribution in [0.2, 0.25) is 0 Å². The highest BCUT2D eigenvalue weighted by molar-refractivity contribution is 7.43. The standard InChI is InChI=1S/C7H12NPS/c1-4(8)7-5(2)10-6(3)9-7/h4H,8H2,1-3H3. The molecule has 0 aliphatic heterocycles. The molecule has 1 nitrogen and oxygen atoms in total. The molecule has 0 radical (unpaired) electrons. The van der Waals surface area contributed by atoms with Gasteiger partial charge in [0, 0.05) is 20.8 Å². The highest BCUT2D eigenvalue weighted by atomic mass is 32.1. The highest BCUT2D eigenvalue weighted by Gasteiger charge is 2.06. The van der Waals surface area contributed by atoms with Crippen LogP contribution in [0.4, 0.5) is 0 Å². The topological polar surface area (TPSA) is 26.0 Å². The van der Waals surface area contributed by atoms with E-state index in [-0.39, 0.29) is 6.04 Å². The highest BCUT2D eigenvalue weighted by Crippen LogP contribution is 2.34. The van der Waals surface area contributed by atoms with Crippen LogP contribution >= 0.6 is 19.5 Å². The van der Waals surface area contributed by atoms with Gasteiger partial charge in [0.25, 0.3) is 0 Å². The summed E-state index contributed by atoms with van der Waals surface area (Å²) < 4.78 is 1.45. The fourth-order valence-electron chi connectivity index (χ4n) is 0.967. The lowest BCUT2D eigenvalue weighted by Gasteiger charge is -2.00. The maximum absolute atomic E-state index is 5.76. The average Bonchev–Trinajstić information content (AvgIpc) is 2.10. The Morgan fingerprint density at radius 3 is 2.30 bits per heavy atom. The maximum Gasteiger partial charge on any atom is 0.0320 e. The molecule has 0 aliphatic rings. The first-order chi connectivity index (χ1) is 4.61. The minimum atomic E-state index is 0.228. The summed E-state index contributed by atoms with van der Waals surface area (Å²) in [5, 5.41) is 1.39. The van der Waals surface area contributed by atoms with Crippen LogP contribution in [-0.4, -0.2) is 0 Å². The Hall–Kier alpha value is 0.0900. The zero-order chi connectivity index (χ0) is 7.72. The van der Waals surface area contributed by atoms with Gasteiger partial charge >= 0.3 is 0 Å². The fraction of sp³-hybridized carbons (Fsp3) is 0.571. The lowest BCUT2D eigenvalue weighted by Crippen LogP contribution is -2.02. The van der Waals surface area contributed by atoms with E-state index >= 15 is 0 Å². The van der Waals surface area contributed by atoms with E-state index in [2.05, 4.69) is 13.8 Å². The van der Waals surface area contributed by atoms with Gasteiger partial charge in [-0.3, -0.25) is 0 Å². The van der Waals surface area contributed by atoms with E-state index in [1.165, 1.54) is 23.0 Å². The first-order valence-electron chi connectivity index (χ1n) is 3.30. The summed E-state index contributed by atoms with van der Waals surface area (Å²) in [6, 6.07) is 0.228. The van der Waals surface area contributed by atoms with Gasteiger partial charge in [-0.15, -0.1) is 11.3 Å². The monoisotopic (exact) mass is 173 g/mol. The van der Waals surface area contributed by atoms with Gasteiger partial charge in [0.1, 0.15) is 0 Å². The van der Waals surface area contributed by atoms with E-state index in [1.54, 1.807) is 0 Å². The first-order valence-corrected chi connectivity index (χ1v) is 5.02. The molecule has 1 rings (SSSR count). The summed E-state index contributed by atoms with van der Waals surface area (Å²) in [6.07, 6.45) is 0. The fourth-order valence-corrected chi connectivity index (χ4v) is 3.56. The van der Waals surface area contributed by atoms with Gasteiger partial charge < -0.3 is 5.73 Å². The molecule has 0 aliphatic carbocycles. The summed E-state index contributed by atoms with van der Waals surface area (Å²) in [5.74, 6) is 0. The van der Waals surface area contributed by atoms with E-state index in [1.807, 2.05) is 18.3 Å². The van der Waals surface area contributed by atoms with Gasteiger partial charge in [0.15, 0.2) is 0 Å². The Bertz CT molecular complexity index is 230. The lowest BCUT2D eigenvalue weighted by molar-refractivity contribution is 0.834. The van der Waals surface area contributed by atoms with Crippen molar-refractivity contribution >= 4 is 19.5 Å². The number of aryl methyl sites for hydroxylation is 2. The minimum Gasteiger partial charge on any atom is -0.324 e. The molecule has 0 saturated carbocycles. The smallest absolute Gasteiger partial charge is 0.0320 e. The van der Waals surface area contributed by atoms with Crippen molar-refractivity contribution in [2.75, 3.05) is 0 Å². The van der Waals surface area contributed by atoms with Gasteiger partial charge in [0.05, 0.1) is 0 Å². The van der Waals surface area contributed by atoms with Gasteiger partial charge in [-0.2, -0.15) is 0 Å². The third-order valence-corrected chi connectivity index (χ3v) is 4.19. The van der Waals surface area contributed by atoms with Crippen LogP contribution in [0.15, 0.2) is 0 Å². The Labute approximate surface area is 67.4 Å². The molecule has 0 bridgehead atoms. The second kappa shape index (κ2) is 3.00. The summed E-state index contributed by atoms with van der Waals surface area (Å²) in [6.45, 7) is 6.35. The molecule has 2 N–H and O–H groups in total. The van der Waals surface area contributed by atoms with Gasteiger partial charge in [0.2, 0.25) is 0 Å². The van der Waals surface area contributed by atoms with Crippen molar-refractivity contribution in [3.63, 3.8) is 0 Å². The maximum atomic E-state index is 5.76. The average molecular weight is 173 g/mol. The van der Waals surface area contributed by atoms with E-state index in [9.17, 15) is 0 Å². The second-order valence-corrected chi connectivity index (χ2v) is 5.57. The summed E-state index contributed by atoms with van der Waals surface area (Å²) >= 11 is 1.86. The molecule has 1 unspecified atom stereocenters. The van der Waals surface area contributed by atoms with Crippen molar-refractivity contribution in [2.45, 2.75) is 26.8 Å². The van der Waals surface area contributed by atoms with Crippen LogP contribution in [0.1, 0.15) is 27.7 Å². The Morgan fingerprint density at radius 1 is 1.50 bits per heavy atom. The molecule has 10 heavy (non-hydrogen) atoms. The largest absolute Gasteiger partial charge is 0.324 e. The van der Waals surface area contributed by atoms with Gasteiger partial charge in [-0.25, -0.2) is 0 Å². The van der Waals surface area contributed by atoms with Crippen LogP contribution in [-0.2, 0) is 0 Å². The number of nitrogens with two attached hydrogens (primary N) is 1. The molecular weight excluding hydrogens is 161 g/mol. The van der Waals surface area contributed by atoms with Crippen molar-refractivity contribution in [2.24, 2.45) is 5.73 Å². The third kappa shape index (κ3) is 1.57. The summed E-state index contributed by atoms with van der Waals surface area (Å²) in [5.41, 5.74) is 5.76. The predicted octanol–water partition coefficient (Wildman–Crippen LogP) is 2.96. The molecule has 0 aromatic carbocycles. The van der Waals surface area contributed by atoms with Gasteiger partial charge in [-0.1, -0.05) is 8.19 Å². The van der Waals surface area contributed by atoms with E-state index in [4.69, 9.17) is 5.73 Å². The Kier molecular flexibility index (Phi) is 2.45. The molecule has 56 valence electrons. The first kappa shape index (κ1) is 8.19. The SMILES string of the molecule is Cc1pc(C(C)N)c(C)s1. The third-order valence-electron chi connectivity index (χ3n) is 1.37. The summed E-state index contributed by atoms with van der Waals surface area (Å²) in [7, 11) is 1.34. The molecular formula is C7H12NPS. The molecule has 1 aromatic heterocycles. The van der Waals surface area contributed by atoms with E-state index in [0.29, 0.717) is 0 Å². The molecule has 0 fully saturated rings. The zero-order valence-corrected chi connectivity index (χ0v) is 8.22. The van der Waals surface area contributed by atoms with Crippen molar-refractivity contribution < 1.29 is 0 Å². The number of hydrogen-bond donors (Lipinski definition) is 1. The van der Waals surface area contributed by atoms with Gasteiger partial charge in [-0.05, 0) is 20.8 Å². The van der Waals surface area contributed by atoms with Crippen molar-refractivity contribution in [1.82, 2.24) is 0 Å². The van der Waals surface area contributed by atoms with E-state index < -0.39 is 0 Å². The minimum absolute atomic E-state index is 0.228. The van der Waals surface area contributed by atoms with E-state index in [0.717, 1.165) is 0 Å². The van der Waals surface area contributed by atoms with Crippen LogP contribution in [0.5, 0.6) is 0 Å². The van der Waals surface area contributed by atoms with Crippen LogP contribution in [0.3, 0.4) is 0 Å². The molecule has 3 heteroatoms. The summed E-state index contributed by atoms with van der Waals surface area (Å²) in [4.78, 5) is 1.40.